The highest BCUT2D eigenvalue weighted by molar-refractivity contribution is 5.60. The monoisotopic (exact) mass is 198 g/mol. The lowest BCUT2D eigenvalue weighted by Gasteiger charge is -2.05. The number of rotatable bonds is 1. The van der Waals surface area contributed by atoms with E-state index in [4.69, 9.17) is 11.0 Å². The first-order valence-electron chi connectivity index (χ1n) is 4.53. The summed E-state index contributed by atoms with van der Waals surface area (Å²) in [4.78, 5) is 0. The van der Waals surface area contributed by atoms with E-state index in [0.717, 1.165) is 11.4 Å². The van der Waals surface area contributed by atoms with Crippen LogP contribution in [0.1, 0.15) is 11.3 Å². The molecule has 1 aromatic heterocycles. The number of nitrogen functional groups attached to an aromatic ring is 1. The van der Waals surface area contributed by atoms with Crippen LogP contribution in [0.5, 0.6) is 0 Å². The summed E-state index contributed by atoms with van der Waals surface area (Å²) in [6.07, 6.45) is 1.84. The van der Waals surface area contributed by atoms with Crippen LogP contribution < -0.4 is 5.73 Å². The van der Waals surface area contributed by atoms with Crippen molar-refractivity contribution < 1.29 is 0 Å². The predicted octanol–water partition coefficient (Wildman–Crippen LogP) is 1.63. The molecule has 0 aliphatic carbocycles. The van der Waals surface area contributed by atoms with Gasteiger partial charge in [-0.2, -0.15) is 10.4 Å². The third-order valence-electron chi connectivity index (χ3n) is 2.13. The molecule has 0 atom stereocenters. The van der Waals surface area contributed by atoms with Gasteiger partial charge in [-0.15, -0.1) is 0 Å². The van der Waals surface area contributed by atoms with Crippen molar-refractivity contribution in [1.29, 1.82) is 5.26 Å². The fraction of sp³-hybridized carbons (Fsp3) is 0.0909. The van der Waals surface area contributed by atoms with E-state index in [1.54, 1.807) is 22.9 Å². The highest BCUT2D eigenvalue weighted by atomic mass is 15.3. The molecule has 1 aromatic carbocycles. The lowest BCUT2D eigenvalue weighted by atomic mass is 10.2. The molecule has 74 valence electrons. The number of hydrogen-bond acceptors (Lipinski definition) is 3. The minimum absolute atomic E-state index is 0.553. The Hall–Kier alpha value is -2.28. The summed E-state index contributed by atoms with van der Waals surface area (Å²) in [6, 6.07) is 9.10. The summed E-state index contributed by atoms with van der Waals surface area (Å²) in [6.45, 7) is 1.91. The Balaban J connectivity index is 2.51. The minimum Gasteiger partial charge on any atom is -0.397 e. The van der Waals surface area contributed by atoms with Gasteiger partial charge in [-0.3, -0.25) is 0 Å². The number of hydrogen-bond donors (Lipinski definition) is 1. The highest BCUT2D eigenvalue weighted by Gasteiger charge is 2.03. The number of nitrogens with two attached hydrogens (primary N) is 1. The molecule has 2 aromatic rings. The first kappa shape index (κ1) is 9.28. The highest BCUT2D eigenvalue weighted by Crippen LogP contribution is 2.17. The maximum atomic E-state index is 8.70. The van der Waals surface area contributed by atoms with Crippen LogP contribution in [0.25, 0.3) is 5.69 Å². The van der Waals surface area contributed by atoms with Gasteiger partial charge in [0.15, 0.2) is 0 Å². The molecule has 0 amide bonds. The summed E-state index contributed by atoms with van der Waals surface area (Å²) >= 11 is 0. The van der Waals surface area contributed by atoms with Crippen LogP contribution in [0.2, 0.25) is 0 Å². The number of aromatic nitrogens is 2. The number of nitriles is 1. The van der Waals surface area contributed by atoms with Crippen molar-refractivity contribution in [2.45, 2.75) is 6.92 Å². The Labute approximate surface area is 87.6 Å². The molecule has 4 heteroatoms. The first-order chi connectivity index (χ1) is 7.20. The molecule has 15 heavy (non-hydrogen) atoms. The number of anilines is 1. The van der Waals surface area contributed by atoms with Crippen LogP contribution in [0, 0.1) is 18.3 Å². The van der Waals surface area contributed by atoms with Crippen LogP contribution >= 0.6 is 0 Å². The third-order valence-corrected chi connectivity index (χ3v) is 2.13. The average molecular weight is 198 g/mol. The van der Waals surface area contributed by atoms with Crippen molar-refractivity contribution in [2.24, 2.45) is 0 Å². The van der Waals surface area contributed by atoms with E-state index >= 15 is 0 Å². The molecule has 0 radical (unpaired) electrons. The lowest BCUT2D eigenvalue weighted by molar-refractivity contribution is 0.865. The molecule has 0 spiro atoms. The zero-order valence-electron chi connectivity index (χ0n) is 8.31. The summed E-state index contributed by atoms with van der Waals surface area (Å²) in [7, 11) is 0. The molecular weight excluding hydrogens is 188 g/mol. The third kappa shape index (κ3) is 1.67. The summed E-state index contributed by atoms with van der Waals surface area (Å²) < 4.78 is 1.70. The van der Waals surface area contributed by atoms with E-state index in [0.29, 0.717) is 11.3 Å². The zero-order chi connectivity index (χ0) is 10.8. The van der Waals surface area contributed by atoms with E-state index in [2.05, 4.69) is 5.10 Å². The van der Waals surface area contributed by atoms with Gasteiger partial charge in [0.2, 0.25) is 0 Å². The Morgan fingerprint density at radius 1 is 1.40 bits per heavy atom. The van der Waals surface area contributed by atoms with Crippen molar-refractivity contribution in [3.8, 4) is 11.8 Å². The standard InChI is InChI=1S/C11H10N4/c1-8-4-5-15(14-8)11-3-2-9(7-12)6-10(11)13/h2-6H,13H2,1H3. The van der Waals surface area contributed by atoms with Gasteiger partial charge in [-0.1, -0.05) is 0 Å². The summed E-state index contributed by atoms with van der Waals surface area (Å²) in [5.41, 5.74) is 8.66. The molecule has 0 fully saturated rings. The van der Waals surface area contributed by atoms with E-state index in [1.807, 2.05) is 25.3 Å². The maximum Gasteiger partial charge on any atom is 0.0992 e. The predicted molar refractivity (Wildman–Crippen MR) is 57.4 cm³/mol. The molecule has 0 bridgehead atoms. The summed E-state index contributed by atoms with van der Waals surface area (Å²) in [5.74, 6) is 0. The Morgan fingerprint density at radius 3 is 2.73 bits per heavy atom. The molecule has 2 N–H and O–H groups in total. The zero-order valence-corrected chi connectivity index (χ0v) is 8.31. The number of nitrogens with zero attached hydrogens (tertiary/aromatic N) is 3. The number of aryl methyl sites for hydroxylation is 1. The number of benzene rings is 1. The Bertz CT molecular complexity index is 534. The molecule has 1 heterocycles. The fourth-order valence-corrected chi connectivity index (χ4v) is 1.38. The largest absolute Gasteiger partial charge is 0.397 e. The van der Waals surface area contributed by atoms with Crippen molar-refractivity contribution in [2.75, 3.05) is 5.73 Å². The van der Waals surface area contributed by atoms with Gasteiger partial charge in [0.1, 0.15) is 0 Å². The van der Waals surface area contributed by atoms with E-state index in [1.165, 1.54) is 0 Å². The minimum atomic E-state index is 0.553. The lowest BCUT2D eigenvalue weighted by Crippen LogP contribution is -2.00. The van der Waals surface area contributed by atoms with Crippen molar-refractivity contribution in [1.82, 2.24) is 9.78 Å². The first-order valence-corrected chi connectivity index (χ1v) is 4.53. The van der Waals surface area contributed by atoms with E-state index < -0.39 is 0 Å². The second-order valence-electron chi connectivity index (χ2n) is 3.29. The van der Waals surface area contributed by atoms with Gasteiger partial charge in [-0.25, -0.2) is 4.68 Å². The van der Waals surface area contributed by atoms with Gasteiger partial charge in [0.25, 0.3) is 0 Å². The smallest absolute Gasteiger partial charge is 0.0992 e. The SMILES string of the molecule is Cc1ccn(-c2ccc(C#N)cc2N)n1. The van der Waals surface area contributed by atoms with Crippen LogP contribution in [0.3, 0.4) is 0 Å². The van der Waals surface area contributed by atoms with Crippen molar-refractivity contribution >= 4 is 5.69 Å². The van der Waals surface area contributed by atoms with Crippen molar-refractivity contribution in [3.63, 3.8) is 0 Å². The van der Waals surface area contributed by atoms with Crippen LogP contribution in [0.4, 0.5) is 5.69 Å². The van der Waals surface area contributed by atoms with Crippen LogP contribution in [-0.4, -0.2) is 9.78 Å². The van der Waals surface area contributed by atoms with Gasteiger partial charge in [-0.05, 0) is 31.2 Å². The van der Waals surface area contributed by atoms with Gasteiger partial charge in [0.05, 0.1) is 28.7 Å². The van der Waals surface area contributed by atoms with Crippen molar-refractivity contribution in [3.05, 3.63) is 41.7 Å². The van der Waals surface area contributed by atoms with E-state index in [-0.39, 0.29) is 0 Å². The van der Waals surface area contributed by atoms with E-state index in [9.17, 15) is 0 Å². The molecule has 4 nitrogen and oxygen atoms in total. The Morgan fingerprint density at radius 2 is 2.20 bits per heavy atom. The fourth-order valence-electron chi connectivity index (χ4n) is 1.38. The van der Waals surface area contributed by atoms with Crippen LogP contribution in [-0.2, 0) is 0 Å². The van der Waals surface area contributed by atoms with Gasteiger partial charge < -0.3 is 5.73 Å². The van der Waals surface area contributed by atoms with Gasteiger partial charge in [0, 0.05) is 6.20 Å². The molecule has 0 aliphatic heterocycles. The molecular formula is C11H10N4. The topological polar surface area (TPSA) is 67.6 Å². The average Bonchev–Trinajstić information content (AvgIpc) is 2.64. The van der Waals surface area contributed by atoms with Crippen LogP contribution in [0.15, 0.2) is 30.5 Å². The molecule has 0 saturated carbocycles. The molecule has 0 unspecified atom stereocenters. The quantitative estimate of drug-likeness (QED) is 0.708. The second kappa shape index (κ2) is 3.46. The second-order valence-corrected chi connectivity index (χ2v) is 3.29. The Kier molecular flexibility index (Phi) is 2.14. The van der Waals surface area contributed by atoms with Gasteiger partial charge >= 0.3 is 0 Å². The maximum absolute atomic E-state index is 8.70. The molecule has 0 saturated heterocycles. The molecule has 0 aliphatic rings. The normalized spacial score (nSPS) is 9.87. The molecule has 2 rings (SSSR count). The summed E-state index contributed by atoms with van der Waals surface area (Å²) in [5, 5.41) is 13.0.